The van der Waals surface area contributed by atoms with E-state index in [1.54, 1.807) is 24.0 Å². The molecule has 1 aromatic heterocycles. The predicted octanol–water partition coefficient (Wildman–Crippen LogP) is 2.33. The summed E-state index contributed by atoms with van der Waals surface area (Å²) >= 11 is 0. The molecule has 1 aliphatic heterocycles. The van der Waals surface area contributed by atoms with Crippen molar-refractivity contribution in [2.75, 3.05) is 34.4 Å². The quantitative estimate of drug-likeness (QED) is 0.580. The topological polar surface area (TPSA) is 128 Å². The predicted molar refractivity (Wildman–Crippen MR) is 127 cm³/mol. The van der Waals surface area contributed by atoms with E-state index in [1.807, 2.05) is 0 Å². The Morgan fingerprint density at radius 3 is 2.34 bits per heavy atom. The third-order valence-corrected chi connectivity index (χ3v) is 6.24. The lowest BCUT2D eigenvalue weighted by atomic mass is 9.87. The number of carbonyl (C=O) groups is 2. The van der Waals surface area contributed by atoms with Crippen LogP contribution in [0.2, 0.25) is 0 Å². The molecular formula is C25H32N2O8. The first kappa shape index (κ1) is 25.9. The van der Waals surface area contributed by atoms with E-state index in [-0.39, 0.29) is 47.1 Å². The number of nitrogens with one attached hydrogen (secondary N) is 1. The number of ether oxygens (including phenoxy) is 3. The molecule has 1 saturated heterocycles. The van der Waals surface area contributed by atoms with Crippen LogP contribution in [-0.2, 0) is 9.59 Å². The van der Waals surface area contributed by atoms with Crippen LogP contribution in [-0.4, -0.2) is 62.3 Å². The summed E-state index contributed by atoms with van der Waals surface area (Å²) in [6.45, 7) is 4.21. The summed E-state index contributed by atoms with van der Waals surface area (Å²) in [5.74, 6) is -0.236. The van der Waals surface area contributed by atoms with Gasteiger partial charge in [-0.25, -0.2) is 4.79 Å². The molecular weight excluding hydrogens is 456 g/mol. The molecule has 10 heteroatoms. The molecule has 2 heterocycles. The minimum absolute atomic E-state index is 0.0111. The largest absolute Gasteiger partial charge is 0.507 e. The second-order valence-electron chi connectivity index (χ2n) is 8.47. The van der Waals surface area contributed by atoms with E-state index in [9.17, 15) is 19.5 Å². The van der Waals surface area contributed by atoms with Gasteiger partial charge in [0.1, 0.15) is 11.5 Å². The zero-order chi connectivity index (χ0) is 25.7. The highest BCUT2D eigenvalue weighted by molar-refractivity contribution is 5.79. The van der Waals surface area contributed by atoms with Gasteiger partial charge in [0.25, 0.3) is 0 Å². The van der Waals surface area contributed by atoms with Gasteiger partial charge in [0.2, 0.25) is 17.6 Å². The molecule has 3 rings (SSSR count). The third-order valence-electron chi connectivity index (χ3n) is 6.24. The Bertz CT molecular complexity index is 1140. The Morgan fingerprint density at radius 2 is 1.80 bits per heavy atom. The zero-order valence-electron chi connectivity index (χ0n) is 20.7. The Hall–Kier alpha value is -3.69. The first-order valence-electron chi connectivity index (χ1n) is 11.4. The lowest BCUT2D eigenvalue weighted by molar-refractivity contribution is -0.130. The Labute approximate surface area is 203 Å². The number of amides is 2. The molecule has 0 radical (unpaired) electrons. The number of likely N-dealkylation sites (tertiary alicyclic amines) is 1. The number of carbonyl (C=O) groups excluding carboxylic acids is 2. The number of benzene rings is 1. The van der Waals surface area contributed by atoms with Gasteiger partial charge in [-0.15, -0.1) is 0 Å². The number of aromatic hydroxyl groups is 1. The first-order valence-corrected chi connectivity index (χ1v) is 11.4. The highest BCUT2D eigenvalue weighted by atomic mass is 16.5. The highest BCUT2D eigenvalue weighted by Crippen LogP contribution is 2.45. The van der Waals surface area contributed by atoms with Crippen molar-refractivity contribution >= 4 is 11.8 Å². The molecule has 2 aromatic rings. The van der Waals surface area contributed by atoms with Gasteiger partial charge in [-0.2, -0.15) is 0 Å². The Kier molecular flexibility index (Phi) is 8.26. The monoisotopic (exact) mass is 488 g/mol. The summed E-state index contributed by atoms with van der Waals surface area (Å²) in [5, 5.41) is 13.7. The fraction of sp³-hybridized carbons (Fsp3) is 0.480. The van der Waals surface area contributed by atoms with Gasteiger partial charge >= 0.3 is 5.63 Å². The van der Waals surface area contributed by atoms with Crippen LogP contribution in [0.4, 0.5) is 0 Å². The van der Waals surface area contributed by atoms with E-state index >= 15 is 0 Å². The third kappa shape index (κ3) is 5.70. The van der Waals surface area contributed by atoms with E-state index in [4.69, 9.17) is 18.6 Å². The molecule has 0 aliphatic carbocycles. The minimum atomic E-state index is -0.890. The number of nitrogens with zero attached hydrogens (tertiary/aromatic N) is 1. The van der Waals surface area contributed by atoms with Crippen molar-refractivity contribution in [2.45, 2.75) is 45.1 Å². The molecule has 1 fully saturated rings. The maximum Gasteiger partial charge on any atom is 0.343 e. The lowest BCUT2D eigenvalue weighted by Crippen LogP contribution is -2.46. The molecule has 2 N–H and O–H groups in total. The van der Waals surface area contributed by atoms with Gasteiger partial charge in [-0.05, 0) is 25.8 Å². The number of methoxy groups -OCH3 is 3. The molecule has 0 spiro atoms. The summed E-state index contributed by atoms with van der Waals surface area (Å²) in [4.78, 5) is 39.3. The Balaban J connectivity index is 1.98. The van der Waals surface area contributed by atoms with Crippen LogP contribution in [0.5, 0.6) is 23.0 Å². The average Bonchev–Trinajstić information content (AvgIpc) is 2.82. The summed E-state index contributed by atoms with van der Waals surface area (Å²) in [5.41, 5.74) is -0.340. The van der Waals surface area contributed by atoms with Crippen molar-refractivity contribution < 1.29 is 33.3 Å². The summed E-state index contributed by atoms with van der Waals surface area (Å²) < 4.78 is 21.7. The number of aryl methyl sites for hydroxylation is 1. The van der Waals surface area contributed by atoms with Gasteiger partial charge in [-0.1, -0.05) is 6.07 Å². The van der Waals surface area contributed by atoms with E-state index in [0.717, 1.165) is 0 Å². The molecule has 35 heavy (non-hydrogen) atoms. The second-order valence-corrected chi connectivity index (χ2v) is 8.47. The standard InChI is InChI=1S/C25H32N2O8/c1-14-12-19(29)22(25(31)35-14)18(17-6-7-20(32-3)24(34-5)23(17)33-4)13-21(30)26-16-8-10-27(11-9-16)15(2)28/h6-7,12,16,18,29H,8-11,13H2,1-5H3,(H,26,30)/t18-/m0/s1. The summed E-state index contributed by atoms with van der Waals surface area (Å²) in [6, 6.07) is 4.55. The SMILES string of the molecule is COc1ccc([C@H](CC(=O)NC2CCN(C(C)=O)CC2)c2c(O)cc(C)oc2=O)c(OC)c1OC. The molecule has 0 saturated carbocycles. The van der Waals surface area contributed by atoms with Crippen LogP contribution >= 0.6 is 0 Å². The number of hydrogen-bond donors (Lipinski definition) is 2. The van der Waals surface area contributed by atoms with E-state index < -0.39 is 11.5 Å². The van der Waals surface area contributed by atoms with Crippen LogP contribution in [0.15, 0.2) is 27.4 Å². The molecule has 2 amide bonds. The van der Waals surface area contributed by atoms with Crippen molar-refractivity contribution in [3.63, 3.8) is 0 Å². The van der Waals surface area contributed by atoms with Crippen LogP contribution in [0.25, 0.3) is 0 Å². The van der Waals surface area contributed by atoms with E-state index in [2.05, 4.69) is 5.32 Å². The van der Waals surface area contributed by atoms with Crippen molar-refractivity contribution in [2.24, 2.45) is 0 Å². The Morgan fingerprint density at radius 1 is 1.14 bits per heavy atom. The average molecular weight is 489 g/mol. The molecule has 0 bridgehead atoms. The lowest BCUT2D eigenvalue weighted by Gasteiger charge is -2.32. The van der Waals surface area contributed by atoms with Gasteiger partial charge in [0.05, 0.1) is 26.9 Å². The number of hydrogen-bond acceptors (Lipinski definition) is 8. The van der Waals surface area contributed by atoms with Crippen LogP contribution < -0.4 is 25.2 Å². The first-order chi connectivity index (χ1) is 16.7. The van der Waals surface area contributed by atoms with Crippen LogP contribution in [0.1, 0.15) is 49.0 Å². The maximum absolute atomic E-state index is 13.1. The summed E-state index contributed by atoms with van der Waals surface area (Å²) in [7, 11) is 4.38. The number of rotatable bonds is 8. The van der Waals surface area contributed by atoms with Crippen molar-refractivity contribution in [1.29, 1.82) is 0 Å². The fourth-order valence-corrected chi connectivity index (χ4v) is 4.50. The van der Waals surface area contributed by atoms with Gasteiger partial charge in [-0.3, -0.25) is 9.59 Å². The van der Waals surface area contributed by atoms with Crippen LogP contribution in [0, 0.1) is 6.92 Å². The zero-order valence-corrected chi connectivity index (χ0v) is 20.7. The normalized spacial score (nSPS) is 14.8. The van der Waals surface area contributed by atoms with Gasteiger partial charge < -0.3 is 34.0 Å². The molecule has 1 atom stereocenters. The van der Waals surface area contributed by atoms with Gasteiger partial charge in [0.15, 0.2) is 11.5 Å². The number of piperidine rings is 1. The highest BCUT2D eigenvalue weighted by Gasteiger charge is 2.31. The maximum atomic E-state index is 13.1. The van der Waals surface area contributed by atoms with Crippen molar-refractivity contribution in [3.8, 4) is 23.0 Å². The smallest absolute Gasteiger partial charge is 0.343 e. The molecule has 10 nitrogen and oxygen atoms in total. The van der Waals surface area contributed by atoms with E-state index in [0.29, 0.717) is 43.0 Å². The van der Waals surface area contributed by atoms with Crippen molar-refractivity contribution in [1.82, 2.24) is 10.2 Å². The molecule has 0 unspecified atom stereocenters. The van der Waals surface area contributed by atoms with Gasteiger partial charge in [0, 0.05) is 50.0 Å². The van der Waals surface area contributed by atoms with Crippen LogP contribution in [0.3, 0.4) is 0 Å². The molecule has 190 valence electrons. The minimum Gasteiger partial charge on any atom is -0.507 e. The van der Waals surface area contributed by atoms with Crippen molar-refractivity contribution in [3.05, 3.63) is 45.5 Å². The molecule has 1 aromatic carbocycles. The second kappa shape index (κ2) is 11.2. The van der Waals surface area contributed by atoms with E-state index in [1.165, 1.54) is 34.3 Å². The molecule has 1 aliphatic rings. The fourth-order valence-electron chi connectivity index (χ4n) is 4.50. The summed E-state index contributed by atoms with van der Waals surface area (Å²) in [6.07, 6.45) is 1.11.